The molecule has 1 aliphatic carbocycles. The zero-order chi connectivity index (χ0) is 11.0. The van der Waals surface area contributed by atoms with Crippen molar-refractivity contribution in [2.75, 3.05) is 7.11 Å². The Balaban J connectivity index is 2.05. The minimum Gasteiger partial charge on any atom is -0.377 e. The number of fused-ring (bicyclic) bond motifs is 3. The van der Waals surface area contributed by atoms with E-state index in [4.69, 9.17) is 9.47 Å². The Morgan fingerprint density at radius 1 is 1.25 bits per heavy atom. The van der Waals surface area contributed by atoms with E-state index in [9.17, 15) is 0 Å². The first kappa shape index (κ1) is 10.1. The fraction of sp³-hybridized carbons (Fsp3) is 0.429. The predicted octanol–water partition coefficient (Wildman–Crippen LogP) is 2.78. The van der Waals surface area contributed by atoms with E-state index in [2.05, 4.69) is 30.3 Å². The number of ether oxygens (including phenoxy) is 2. The minimum atomic E-state index is 0.251. The molecule has 84 valence electrons. The summed E-state index contributed by atoms with van der Waals surface area (Å²) >= 11 is 0. The molecule has 3 rings (SSSR count). The standard InChI is InChI=1S/C14H16O2/c1-15-11-6-7-14-13(8-11)12-5-3-2-4-10(12)9-16-14/h2-5,8,11,14H,6-7,9H2,1H3/t11-,14+/m0/s1. The molecule has 2 heteroatoms. The topological polar surface area (TPSA) is 18.5 Å². The third-order valence-corrected chi connectivity index (χ3v) is 3.50. The number of methoxy groups -OCH3 is 1. The fourth-order valence-electron chi connectivity index (χ4n) is 2.60. The van der Waals surface area contributed by atoms with Crippen LogP contribution in [0.5, 0.6) is 0 Å². The van der Waals surface area contributed by atoms with E-state index < -0.39 is 0 Å². The Kier molecular flexibility index (Phi) is 2.54. The van der Waals surface area contributed by atoms with E-state index in [0.717, 1.165) is 19.4 Å². The predicted molar refractivity (Wildman–Crippen MR) is 63.0 cm³/mol. The molecule has 1 aromatic carbocycles. The maximum atomic E-state index is 5.88. The molecule has 2 atom stereocenters. The Bertz CT molecular complexity index is 422. The van der Waals surface area contributed by atoms with Gasteiger partial charge in [0.25, 0.3) is 0 Å². The van der Waals surface area contributed by atoms with Crippen LogP contribution in [0.25, 0.3) is 5.57 Å². The highest BCUT2D eigenvalue weighted by molar-refractivity contribution is 5.73. The molecule has 16 heavy (non-hydrogen) atoms. The highest BCUT2D eigenvalue weighted by Crippen LogP contribution is 2.36. The highest BCUT2D eigenvalue weighted by atomic mass is 16.5. The largest absolute Gasteiger partial charge is 0.377 e. The maximum Gasteiger partial charge on any atom is 0.0834 e. The highest BCUT2D eigenvalue weighted by Gasteiger charge is 2.29. The molecule has 0 fully saturated rings. The molecular weight excluding hydrogens is 200 g/mol. The van der Waals surface area contributed by atoms with Crippen molar-refractivity contribution in [3.63, 3.8) is 0 Å². The first-order chi connectivity index (χ1) is 7.88. The zero-order valence-corrected chi connectivity index (χ0v) is 9.48. The van der Waals surface area contributed by atoms with Gasteiger partial charge in [-0.3, -0.25) is 0 Å². The second kappa shape index (κ2) is 4.04. The van der Waals surface area contributed by atoms with E-state index in [1.54, 1.807) is 7.11 Å². The Labute approximate surface area is 95.9 Å². The molecule has 0 saturated carbocycles. The Hall–Kier alpha value is -1.12. The van der Waals surface area contributed by atoms with Crippen molar-refractivity contribution < 1.29 is 9.47 Å². The van der Waals surface area contributed by atoms with Crippen molar-refractivity contribution in [2.45, 2.75) is 31.7 Å². The normalized spacial score (nSPS) is 27.9. The second-order valence-electron chi connectivity index (χ2n) is 4.43. The van der Waals surface area contributed by atoms with Gasteiger partial charge in [0.1, 0.15) is 0 Å². The van der Waals surface area contributed by atoms with Crippen molar-refractivity contribution in [3.05, 3.63) is 41.5 Å². The van der Waals surface area contributed by atoms with Gasteiger partial charge < -0.3 is 9.47 Å². The van der Waals surface area contributed by atoms with Crippen LogP contribution < -0.4 is 0 Å². The average molecular weight is 216 g/mol. The fourth-order valence-corrected chi connectivity index (χ4v) is 2.60. The van der Waals surface area contributed by atoms with Crippen LogP contribution in [0.3, 0.4) is 0 Å². The van der Waals surface area contributed by atoms with Crippen LogP contribution >= 0.6 is 0 Å². The van der Waals surface area contributed by atoms with Crippen molar-refractivity contribution in [1.82, 2.24) is 0 Å². The van der Waals surface area contributed by atoms with E-state index >= 15 is 0 Å². The van der Waals surface area contributed by atoms with Crippen LogP contribution in [0.4, 0.5) is 0 Å². The first-order valence-corrected chi connectivity index (χ1v) is 5.83. The van der Waals surface area contributed by atoms with Crippen molar-refractivity contribution in [3.8, 4) is 0 Å². The average Bonchev–Trinajstić information content (AvgIpc) is 2.38. The first-order valence-electron chi connectivity index (χ1n) is 5.83. The van der Waals surface area contributed by atoms with Gasteiger partial charge in [-0.25, -0.2) is 0 Å². The minimum absolute atomic E-state index is 0.251. The van der Waals surface area contributed by atoms with Crippen LogP contribution in [-0.4, -0.2) is 19.3 Å². The van der Waals surface area contributed by atoms with Crippen LogP contribution in [-0.2, 0) is 16.1 Å². The summed E-state index contributed by atoms with van der Waals surface area (Å²) in [5, 5.41) is 0. The third-order valence-electron chi connectivity index (χ3n) is 3.50. The van der Waals surface area contributed by atoms with Gasteiger partial charge in [0, 0.05) is 7.11 Å². The third kappa shape index (κ3) is 1.58. The lowest BCUT2D eigenvalue weighted by atomic mass is 9.85. The van der Waals surface area contributed by atoms with Crippen LogP contribution in [0.15, 0.2) is 30.3 Å². The van der Waals surface area contributed by atoms with E-state index in [-0.39, 0.29) is 12.2 Å². The van der Waals surface area contributed by atoms with Crippen molar-refractivity contribution in [2.24, 2.45) is 0 Å². The van der Waals surface area contributed by atoms with Gasteiger partial charge in [-0.05, 0) is 35.6 Å². The van der Waals surface area contributed by atoms with Gasteiger partial charge in [0.15, 0.2) is 0 Å². The molecule has 0 aromatic heterocycles. The quantitative estimate of drug-likeness (QED) is 0.718. The summed E-state index contributed by atoms with van der Waals surface area (Å²) in [7, 11) is 1.78. The molecule has 0 saturated heterocycles. The van der Waals surface area contributed by atoms with Crippen molar-refractivity contribution in [1.29, 1.82) is 0 Å². The summed E-state index contributed by atoms with van der Waals surface area (Å²) in [6.07, 6.45) is 4.89. The van der Waals surface area contributed by atoms with Gasteiger partial charge in [-0.15, -0.1) is 0 Å². The Morgan fingerprint density at radius 3 is 3.00 bits per heavy atom. The number of rotatable bonds is 1. The SMILES string of the molecule is CO[C@@H]1C=C2c3ccccc3CO[C@@H]2CC1. The lowest BCUT2D eigenvalue weighted by Crippen LogP contribution is -2.28. The summed E-state index contributed by atoms with van der Waals surface area (Å²) in [6, 6.07) is 8.50. The molecule has 0 bridgehead atoms. The smallest absolute Gasteiger partial charge is 0.0834 e. The van der Waals surface area contributed by atoms with Gasteiger partial charge in [-0.2, -0.15) is 0 Å². The molecule has 0 spiro atoms. The number of hydrogen-bond donors (Lipinski definition) is 0. The molecule has 2 nitrogen and oxygen atoms in total. The molecule has 0 radical (unpaired) electrons. The summed E-state index contributed by atoms with van der Waals surface area (Å²) in [4.78, 5) is 0. The molecule has 2 aliphatic rings. The molecule has 0 amide bonds. The molecule has 0 N–H and O–H groups in total. The van der Waals surface area contributed by atoms with Gasteiger partial charge in [0.2, 0.25) is 0 Å². The summed E-state index contributed by atoms with van der Waals surface area (Å²) < 4.78 is 11.3. The lowest BCUT2D eigenvalue weighted by Gasteiger charge is -2.33. The summed E-state index contributed by atoms with van der Waals surface area (Å²) in [6.45, 7) is 0.746. The van der Waals surface area contributed by atoms with Crippen LogP contribution in [0, 0.1) is 0 Å². The number of hydrogen-bond acceptors (Lipinski definition) is 2. The van der Waals surface area contributed by atoms with Gasteiger partial charge >= 0.3 is 0 Å². The monoisotopic (exact) mass is 216 g/mol. The zero-order valence-electron chi connectivity index (χ0n) is 9.48. The van der Waals surface area contributed by atoms with E-state index in [0.29, 0.717) is 0 Å². The molecule has 1 aromatic rings. The van der Waals surface area contributed by atoms with E-state index in [1.165, 1.54) is 16.7 Å². The Morgan fingerprint density at radius 2 is 2.12 bits per heavy atom. The van der Waals surface area contributed by atoms with Gasteiger partial charge in [0.05, 0.1) is 18.8 Å². The summed E-state index contributed by atoms with van der Waals surface area (Å²) in [5.74, 6) is 0. The summed E-state index contributed by atoms with van der Waals surface area (Å²) in [5.41, 5.74) is 3.96. The van der Waals surface area contributed by atoms with Crippen molar-refractivity contribution >= 4 is 5.57 Å². The molecule has 1 heterocycles. The molecule has 0 unspecified atom stereocenters. The molecular formula is C14H16O2. The van der Waals surface area contributed by atoms with Crippen LogP contribution in [0.1, 0.15) is 24.0 Å². The van der Waals surface area contributed by atoms with E-state index in [1.807, 2.05) is 0 Å². The second-order valence-corrected chi connectivity index (χ2v) is 4.43. The number of benzene rings is 1. The van der Waals surface area contributed by atoms with Crippen LogP contribution in [0.2, 0.25) is 0 Å². The maximum absolute atomic E-state index is 5.88. The van der Waals surface area contributed by atoms with Gasteiger partial charge in [-0.1, -0.05) is 24.3 Å². The lowest BCUT2D eigenvalue weighted by molar-refractivity contribution is 0.0418. The molecule has 1 aliphatic heterocycles.